The van der Waals surface area contributed by atoms with E-state index in [-0.39, 0.29) is 22.4 Å². The van der Waals surface area contributed by atoms with Gasteiger partial charge in [0.1, 0.15) is 5.75 Å². The molecule has 1 aliphatic carbocycles. The topological polar surface area (TPSA) is 84.5 Å². The number of rotatable bonds is 7. The molecule has 1 unspecified atom stereocenters. The van der Waals surface area contributed by atoms with Crippen LogP contribution in [-0.2, 0) is 28.4 Å². The van der Waals surface area contributed by atoms with Gasteiger partial charge < -0.3 is 15.4 Å². The predicted octanol–water partition coefficient (Wildman–Crippen LogP) is 5.43. The van der Waals surface area contributed by atoms with Crippen LogP contribution < -0.4 is 15.4 Å². The van der Waals surface area contributed by atoms with Gasteiger partial charge in [0.15, 0.2) is 9.84 Å². The Morgan fingerprint density at radius 2 is 1.71 bits per heavy atom. The standard InChI is InChI=1S/C27H30N2O4S/c1-19(21-8-4-3-5-9-21)28-27(30)29-25-15-14-24(17-26(25)33-2)34(31,32)18-20-12-13-22-10-6-7-11-23(22)16-20/h3-5,8-9,12-17,19H,6-7,10-11,18H2,1-2H3,(H2,28,29,30). The molecule has 1 atom stereocenters. The fourth-order valence-corrected chi connectivity index (χ4v) is 5.67. The Bertz CT molecular complexity index is 1270. The quantitative estimate of drug-likeness (QED) is 0.474. The maximum Gasteiger partial charge on any atom is 0.319 e. The number of benzene rings is 3. The van der Waals surface area contributed by atoms with Crippen LogP contribution in [0.2, 0.25) is 0 Å². The number of aryl methyl sites for hydroxylation is 2. The van der Waals surface area contributed by atoms with Crippen LogP contribution in [0.3, 0.4) is 0 Å². The van der Waals surface area contributed by atoms with Gasteiger partial charge in [-0.05, 0) is 67.0 Å². The predicted molar refractivity (Wildman–Crippen MR) is 134 cm³/mol. The van der Waals surface area contributed by atoms with Crippen molar-refractivity contribution in [2.75, 3.05) is 12.4 Å². The molecule has 1 aliphatic rings. The fourth-order valence-electron chi connectivity index (χ4n) is 4.33. The zero-order chi connectivity index (χ0) is 24.1. The van der Waals surface area contributed by atoms with Crippen LogP contribution in [0.5, 0.6) is 5.75 Å². The van der Waals surface area contributed by atoms with Crippen molar-refractivity contribution in [3.05, 3.63) is 89.0 Å². The van der Waals surface area contributed by atoms with Crippen molar-refractivity contribution < 1.29 is 17.9 Å². The highest BCUT2D eigenvalue weighted by atomic mass is 32.2. The Labute approximate surface area is 201 Å². The van der Waals surface area contributed by atoms with Crippen LogP contribution >= 0.6 is 0 Å². The average molecular weight is 479 g/mol. The number of nitrogens with one attached hydrogen (secondary N) is 2. The molecule has 0 aromatic heterocycles. The van der Waals surface area contributed by atoms with Gasteiger partial charge in [-0.3, -0.25) is 0 Å². The third-order valence-electron chi connectivity index (χ3n) is 6.20. The Hall–Kier alpha value is -3.32. The molecule has 2 N–H and O–H groups in total. The number of sulfone groups is 1. The van der Waals surface area contributed by atoms with Crippen molar-refractivity contribution in [3.8, 4) is 5.75 Å². The summed E-state index contributed by atoms with van der Waals surface area (Å²) in [6.45, 7) is 1.89. The lowest BCUT2D eigenvalue weighted by atomic mass is 9.91. The smallest absolute Gasteiger partial charge is 0.319 e. The monoisotopic (exact) mass is 478 g/mol. The molecule has 0 fully saturated rings. The van der Waals surface area contributed by atoms with E-state index in [2.05, 4.69) is 16.7 Å². The number of hydrogen-bond acceptors (Lipinski definition) is 4. The second kappa shape index (κ2) is 10.3. The molecule has 3 aromatic carbocycles. The first kappa shape index (κ1) is 23.8. The van der Waals surface area contributed by atoms with Crippen LogP contribution in [0.15, 0.2) is 71.6 Å². The summed E-state index contributed by atoms with van der Waals surface area (Å²) >= 11 is 0. The minimum Gasteiger partial charge on any atom is -0.495 e. The zero-order valence-corrected chi connectivity index (χ0v) is 20.3. The molecule has 0 heterocycles. The highest BCUT2D eigenvalue weighted by Gasteiger charge is 2.20. The van der Waals surface area contributed by atoms with E-state index in [1.54, 1.807) is 6.07 Å². The maximum absolute atomic E-state index is 13.1. The summed E-state index contributed by atoms with van der Waals surface area (Å²) in [5.41, 5.74) is 4.74. The summed E-state index contributed by atoms with van der Waals surface area (Å²) in [5.74, 6) is 0.208. The molecule has 0 bridgehead atoms. The molecule has 4 rings (SSSR count). The van der Waals surface area contributed by atoms with Crippen molar-refractivity contribution >= 4 is 21.6 Å². The van der Waals surface area contributed by atoms with Crippen LogP contribution in [0, 0.1) is 0 Å². The van der Waals surface area contributed by atoms with Gasteiger partial charge in [0, 0.05) is 6.07 Å². The normalized spacial score (nSPS) is 14.1. The summed E-state index contributed by atoms with van der Waals surface area (Å²) in [7, 11) is -2.13. The number of fused-ring (bicyclic) bond motifs is 1. The van der Waals surface area contributed by atoms with Crippen LogP contribution in [0.25, 0.3) is 0 Å². The molecule has 7 heteroatoms. The van der Waals surface area contributed by atoms with E-state index >= 15 is 0 Å². The number of carbonyl (C=O) groups excluding carboxylic acids is 1. The second-order valence-electron chi connectivity index (χ2n) is 8.66. The van der Waals surface area contributed by atoms with Crippen LogP contribution in [0.1, 0.15) is 48.1 Å². The Balaban J connectivity index is 1.47. The summed E-state index contributed by atoms with van der Waals surface area (Å²) in [6, 6.07) is 19.6. The van der Waals surface area contributed by atoms with Gasteiger partial charge in [0.25, 0.3) is 0 Å². The van der Waals surface area contributed by atoms with E-state index in [0.717, 1.165) is 30.4 Å². The molecule has 0 spiro atoms. The van der Waals surface area contributed by atoms with Crippen molar-refractivity contribution in [1.82, 2.24) is 5.32 Å². The largest absolute Gasteiger partial charge is 0.495 e. The molecule has 0 aliphatic heterocycles. The van der Waals surface area contributed by atoms with E-state index in [4.69, 9.17) is 4.74 Å². The SMILES string of the molecule is COc1cc(S(=O)(=O)Cc2ccc3c(c2)CCCC3)ccc1NC(=O)NC(C)c1ccccc1. The number of amides is 2. The first-order chi connectivity index (χ1) is 16.4. The van der Waals surface area contributed by atoms with Gasteiger partial charge in [-0.15, -0.1) is 0 Å². The molecule has 0 radical (unpaired) electrons. The lowest BCUT2D eigenvalue weighted by molar-refractivity contribution is 0.249. The number of anilines is 1. The lowest BCUT2D eigenvalue weighted by Gasteiger charge is -2.17. The minimum atomic E-state index is -3.58. The third-order valence-corrected chi connectivity index (χ3v) is 7.88. The van der Waals surface area contributed by atoms with E-state index in [1.165, 1.54) is 36.8 Å². The van der Waals surface area contributed by atoms with Gasteiger partial charge in [0.2, 0.25) is 0 Å². The number of ether oxygens (including phenoxy) is 1. The Morgan fingerprint density at radius 3 is 2.44 bits per heavy atom. The van der Waals surface area contributed by atoms with Crippen LogP contribution in [-0.4, -0.2) is 21.6 Å². The number of hydrogen-bond donors (Lipinski definition) is 2. The number of carbonyl (C=O) groups is 1. The summed E-state index contributed by atoms with van der Waals surface area (Å²) in [4.78, 5) is 12.7. The van der Waals surface area contributed by atoms with Crippen molar-refractivity contribution in [1.29, 1.82) is 0 Å². The lowest BCUT2D eigenvalue weighted by Crippen LogP contribution is -2.31. The molecule has 0 saturated heterocycles. The molecule has 34 heavy (non-hydrogen) atoms. The van der Waals surface area contributed by atoms with Gasteiger partial charge >= 0.3 is 6.03 Å². The molecular formula is C27H30N2O4S. The van der Waals surface area contributed by atoms with Crippen molar-refractivity contribution in [2.45, 2.75) is 49.3 Å². The number of methoxy groups -OCH3 is 1. The highest BCUT2D eigenvalue weighted by molar-refractivity contribution is 7.90. The summed E-state index contributed by atoms with van der Waals surface area (Å²) in [6.07, 6.45) is 4.40. The van der Waals surface area contributed by atoms with E-state index in [9.17, 15) is 13.2 Å². The second-order valence-corrected chi connectivity index (χ2v) is 10.7. The molecule has 6 nitrogen and oxygen atoms in total. The number of urea groups is 1. The summed E-state index contributed by atoms with van der Waals surface area (Å²) in [5, 5.41) is 5.63. The van der Waals surface area contributed by atoms with E-state index in [0.29, 0.717) is 5.69 Å². The van der Waals surface area contributed by atoms with Gasteiger partial charge in [-0.2, -0.15) is 0 Å². The molecule has 0 saturated carbocycles. The van der Waals surface area contributed by atoms with Gasteiger partial charge in [-0.25, -0.2) is 13.2 Å². The maximum atomic E-state index is 13.1. The first-order valence-electron chi connectivity index (χ1n) is 11.5. The summed E-state index contributed by atoms with van der Waals surface area (Å²) < 4.78 is 31.6. The zero-order valence-electron chi connectivity index (χ0n) is 19.5. The van der Waals surface area contributed by atoms with Crippen molar-refractivity contribution in [2.24, 2.45) is 0 Å². The minimum absolute atomic E-state index is 0.0781. The Kier molecular flexibility index (Phi) is 7.22. The molecule has 3 aromatic rings. The van der Waals surface area contributed by atoms with Crippen molar-refractivity contribution in [3.63, 3.8) is 0 Å². The van der Waals surface area contributed by atoms with E-state index in [1.807, 2.05) is 49.4 Å². The molecule has 178 valence electrons. The van der Waals surface area contributed by atoms with Gasteiger partial charge in [0.05, 0.1) is 29.5 Å². The Morgan fingerprint density at radius 1 is 0.971 bits per heavy atom. The fraction of sp³-hybridized carbons (Fsp3) is 0.296. The van der Waals surface area contributed by atoms with E-state index < -0.39 is 15.9 Å². The first-order valence-corrected chi connectivity index (χ1v) is 13.1. The third kappa shape index (κ3) is 5.59. The molecular weight excluding hydrogens is 448 g/mol. The molecule has 2 amide bonds. The van der Waals surface area contributed by atoms with Crippen LogP contribution in [0.4, 0.5) is 10.5 Å². The highest BCUT2D eigenvalue weighted by Crippen LogP contribution is 2.30. The van der Waals surface area contributed by atoms with Gasteiger partial charge in [-0.1, -0.05) is 48.5 Å². The average Bonchev–Trinajstić information content (AvgIpc) is 2.84.